The van der Waals surface area contributed by atoms with E-state index < -0.39 is 23.6 Å². The van der Waals surface area contributed by atoms with Crippen molar-refractivity contribution in [1.82, 2.24) is 10.6 Å². The first-order chi connectivity index (χ1) is 22.2. The molecule has 2 aliphatic rings. The highest BCUT2D eigenvalue weighted by atomic mass is 16.2. The summed E-state index contributed by atoms with van der Waals surface area (Å²) in [6.45, 7) is 8.25. The fraction of sp³-hybridized carbons (Fsp3) is 0.100. The topological polar surface area (TPSA) is 92.3 Å². The number of benzene rings is 7. The first-order valence-electron chi connectivity index (χ1n) is 15.3. The summed E-state index contributed by atoms with van der Waals surface area (Å²) in [4.78, 5) is 54.0. The standard InChI is InChI=1S/C40H26N2O4/c1-17-7-5-8-18(2)27(17)34-32-23-13-16-25-30-24(37(43)41-38(25)44)14-11-21(29(23)30)22-12-15-26-33(31(22)32)36(40(46)42-39(26)45)35(34)28-19(3)9-6-10-20(28)4/h5-16H,1-4H3,(H,41,43,44)(H,42,45,46). The Hall–Kier alpha value is -5.88. The van der Waals surface area contributed by atoms with Gasteiger partial charge in [0, 0.05) is 33.0 Å². The molecule has 7 aromatic carbocycles. The average Bonchev–Trinajstić information content (AvgIpc) is 3.02. The third-order valence-corrected chi connectivity index (χ3v) is 10.1. The summed E-state index contributed by atoms with van der Waals surface area (Å²) in [7, 11) is 0. The van der Waals surface area contributed by atoms with Gasteiger partial charge >= 0.3 is 0 Å². The molecule has 0 atom stereocenters. The maximum absolute atomic E-state index is 14.2. The highest BCUT2D eigenvalue weighted by molar-refractivity contribution is 6.44. The van der Waals surface area contributed by atoms with Crippen molar-refractivity contribution in [3.63, 3.8) is 0 Å². The van der Waals surface area contributed by atoms with E-state index in [4.69, 9.17) is 0 Å². The number of imide groups is 2. The molecule has 2 heterocycles. The lowest BCUT2D eigenvalue weighted by Crippen LogP contribution is -2.35. The molecule has 0 aromatic heterocycles. The maximum Gasteiger partial charge on any atom is 0.259 e. The molecule has 0 unspecified atom stereocenters. The van der Waals surface area contributed by atoms with Crippen LogP contribution < -0.4 is 10.6 Å². The molecule has 0 fully saturated rings. The normalized spacial score (nSPS) is 14.2. The molecule has 0 spiro atoms. The highest BCUT2D eigenvalue weighted by Gasteiger charge is 2.36. The zero-order valence-electron chi connectivity index (χ0n) is 25.6. The van der Waals surface area contributed by atoms with Gasteiger partial charge in [0.15, 0.2) is 0 Å². The number of carbonyl (C=O) groups is 4. The third kappa shape index (κ3) is 3.15. The second kappa shape index (κ2) is 8.86. The Morgan fingerprint density at radius 1 is 0.348 bits per heavy atom. The quantitative estimate of drug-likeness (QED) is 0.120. The molecule has 7 aromatic rings. The van der Waals surface area contributed by atoms with E-state index in [1.165, 1.54) is 0 Å². The first kappa shape index (κ1) is 26.5. The van der Waals surface area contributed by atoms with Crippen LogP contribution in [0.15, 0.2) is 72.8 Å². The van der Waals surface area contributed by atoms with Crippen LogP contribution >= 0.6 is 0 Å². The number of aryl methyl sites for hydroxylation is 4. The first-order valence-corrected chi connectivity index (χ1v) is 15.3. The minimum atomic E-state index is -0.430. The van der Waals surface area contributed by atoms with Gasteiger partial charge in [-0.1, -0.05) is 54.6 Å². The van der Waals surface area contributed by atoms with Gasteiger partial charge in [-0.15, -0.1) is 0 Å². The molecule has 2 N–H and O–H groups in total. The Balaban J connectivity index is 1.70. The van der Waals surface area contributed by atoms with Crippen molar-refractivity contribution in [2.75, 3.05) is 0 Å². The van der Waals surface area contributed by atoms with Gasteiger partial charge in [0.2, 0.25) is 0 Å². The van der Waals surface area contributed by atoms with Crippen molar-refractivity contribution in [2.24, 2.45) is 0 Å². The average molecular weight is 599 g/mol. The molecule has 0 radical (unpaired) electrons. The van der Waals surface area contributed by atoms with Crippen LogP contribution in [0, 0.1) is 27.7 Å². The molecule has 46 heavy (non-hydrogen) atoms. The van der Waals surface area contributed by atoms with Crippen molar-refractivity contribution in [1.29, 1.82) is 0 Å². The molecule has 220 valence electrons. The zero-order chi connectivity index (χ0) is 31.8. The minimum Gasteiger partial charge on any atom is -0.288 e. The molecule has 0 saturated heterocycles. The molecule has 0 saturated carbocycles. The molecular formula is C40H26N2O4. The number of hydrogen-bond acceptors (Lipinski definition) is 4. The van der Waals surface area contributed by atoms with Gasteiger partial charge in [-0.3, -0.25) is 29.8 Å². The molecule has 9 rings (SSSR count). The van der Waals surface area contributed by atoms with Crippen molar-refractivity contribution in [2.45, 2.75) is 27.7 Å². The fourth-order valence-corrected chi connectivity index (χ4v) is 8.23. The summed E-state index contributed by atoms with van der Waals surface area (Å²) in [6, 6.07) is 23.5. The third-order valence-electron chi connectivity index (χ3n) is 10.1. The Morgan fingerprint density at radius 2 is 0.783 bits per heavy atom. The number of carbonyl (C=O) groups excluding carboxylic acids is 4. The van der Waals surface area contributed by atoms with E-state index in [9.17, 15) is 19.2 Å². The van der Waals surface area contributed by atoms with Crippen LogP contribution in [0.4, 0.5) is 0 Å². The Bertz CT molecular complexity index is 2590. The molecule has 4 amide bonds. The van der Waals surface area contributed by atoms with Gasteiger partial charge in [-0.2, -0.15) is 0 Å². The Morgan fingerprint density at radius 3 is 1.33 bits per heavy atom. The largest absolute Gasteiger partial charge is 0.288 e. The van der Waals surface area contributed by atoms with Crippen LogP contribution in [0.2, 0.25) is 0 Å². The summed E-state index contributed by atoms with van der Waals surface area (Å²) in [5, 5.41) is 11.5. The van der Waals surface area contributed by atoms with Gasteiger partial charge in [0.25, 0.3) is 23.6 Å². The van der Waals surface area contributed by atoms with E-state index in [1.807, 2.05) is 56.3 Å². The highest BCUT2D eigenvalue weighted by Crippen LogP contribution is 2.54. The van der Waals surface area contributed by atoms with Crippen LogP contribution in [0.25, 0.3) is 65.3 Å². The SMILES string of the molecule is Cc1cccc(C)c1-c1c2c3c(ccc4c5ccc6c7c(ccc(c(c1-c1c(C)cccc1C)c34)c75)C(=O)NC6=O)C(=O)NC2=O. The predicted octanol–water partition coefficient (Wildman–Crippen LogP) is 8.07. The number of hydrogen-bond donors (Lipinski definition) is 2. The predicted molar refractivity (Wildman–Crippen MR) is 181 cm³/mol. The Labute approximate surface area is 263 Å². The van der Waals surface area contributed by atoms with Gasteiger partial charge in [-0.25, -0.2) is 0 Å². The number of rotatable bonds is 2. The maximum atomic E-state index is 14.2. The van der Waals surface area contributed by atoms with Crippen LogP contribution in [0.5, 0.6) is 0 Å². The number of fused-ring (bicyclic) bond motifs is 2. The van der Waals surface area contributed by atoms with Gasteiger partial charge in [-0.05, 0) is 117 Å². The zero-order valence-corrected chi connectivity index (χ0v) is 25.6. The lowest BCUT2D eigenvalue weighted by molar-refractivity contribution is 0.0828. The summed E-state index contributed by atoms with van der Waals surface area (Å²) in [6.07, 6.45) is 0. The number of nitrogens with one attached hydrogen (secondary N) is 2. The van der Waals surface area contributed by atoms with Crippen molar-refractivity contribution in [3.8, 4) is 22.3 Å². The summed E-state index contributed by atoms with van der Waals surface area (Å²) in [5.41, 5.74) is 9.54. The fourth-order valence-electron chi connectivity index (χ4n) is 8.23. The van der Waals surface area contributed by atoms with E-state index in [0.717, 1.165) is 76.8 Å². The summed E-state index contributed by atoms with van der Waals surface area (Å²) < 4.78 is 0. The smallest absolute Gasteiger partial charge is 0.259 e. The van der Waals surface area contributed by atoms with Gasteiger partial charge in [0.05, 0.1) is 5.56 Å². The van der Waals surface area contributed by atoms with E-state index in [-0.39, 0.29) is 0 Å². The van der Waals surface area contributed by atoms with Crippen molar-refractivity contribution < 1.29 is 19.2 Å². The Kier molecular flexibility index (Phi) is 5.10. The molecule has 0 bridgehead atoms. The molecule has 6 heteroatoms. The summed E-state index contributed by atoms with van der Waals surface area (Å²) in [5.74, 6) is -1.71. The van der Waals surface area contributed by atoms with Crippen LogP contribution in [-0.2, 0) is 0 Å². The lowest BCUT2D eigenvalue weighted by Gasteiger charge is -2.30. The van der Waals surface area contributed by atoms with Crippen LogP contribution in [-0.4, -0.2) is 23.6 Å². The van der Waals surface area contributed by atoms with Crippen molar-refractivity contribution >= 4 is 66.7 Å². The molecule has 0 aliphatic carbocycles. The van der Waals surface area contributed by atoms with E-state index in [1.54, 1.807) is 18.2 Å². The van der Waals surface area contributed by atoms with Gasteiger partial charge in [0.1, 0.15) is 0 Å². The van der Waals surface area contributed by atoms with E-state index in [0.29, 0.717) is 33.0 Å². The minimum absolute atomic E-state index is 0.425. The lowest BCUT2D eigenvalue weighted by atomic mass is 9.74. The van der Waals surface area contributed by atoms with Gasteiger partial charge < -0.3 is 0 Å². The van der Waals surface area contributed by atoms with E-state index in [2.05, 4.69) is 36.6 Å². The molecule has 2 aliphatic heterocycles. The van der Waals surface area contributed by atoms with Crippen LogP contribution in [0.3, 0.4) is 0 Å². The second-order valence-electron chi connectivity index (χ2n) is 12.6. The number of amides is 4. The second-order valence-corrected chi connectivity index (χ2v) is 12.6. The molecular weight excluding hydrogens is 572 g/mol. The van der Waals surface area contributed by atoms with Crippen LogP contribution in [0.1, 0.15) is 63.7 Å². The summed E-state index contributed by atoms with van der Waals surface area (Å²) >= 11 is 0. The van der Waals surface area contributed by atoms with Crippen molar-refractivity contribution in [3.05, 3.63) is 117 Å². The molecule has 6 nitrogen and oxygen atoms in total. The monoisotopic (exact) mass is 598 g/mol. The van der Waals surface area contributed by atoms with E-state index >= 15 is 0 Å².